The average Bonchev–Trinajstić information content (AvgIpc) is 2.78. The lowest BCUT2D eigenvalue weighted by atomic mass is 10.2. The van der Waals surface area contributed by atoms with Gasteiger partial charge in [0.25, 0.3) is 0 Å². The number of furan rings is 1. The van der Waals surface area contributed by atoms with Gasteiger partial charge in [0.2, 0.25) is 0 Å². The van der Waals surface area contributed by atoms with Crippen LogP contribution in [0.1, 0.15) is 21.8 Å². The van der Waals surface area contributed by atoms with Gasteiger partial charge in [0, 0.05) is 16.8 Å². The van der Waals surface area contributed by atoms with E-state index in [9.17, 15) is 4.79 Å². The molecular formula is C12H11NO3S. The van der Waals surface area contributed by atoms with Crippen LogP contribution in [0.25, 0.3) is 0 Å². The van der Waals surface area contributed by atoms with Crippen LogP contribution in [-0.4, -0.2) is 16.1 Å². The zero-order chi connectivity index (χ0) is 12.3. The summed E-state index contributed by atoms with van der Waals surface area (Å²) in [4.78, 5) is 15.7. The Kier molecular flexibility index (Phi) is 3.49. The minimum atomic E-state index is -0.959. The lowest BCUT2D eigenvalue weighted by Gasteiger charge is -2.05. The molecule has 0 aliphatic rings. The molecule has 0 atom stereocenters. The zero-order valence-electron chi connectivity index (χ0n) is 9.21. The van der Waals surface area contributed by atoms with Gasteiger partial charge in [-0.3, -0.25) is 4.98 Å². The fourth-order valence-electron chi connectivity index (χ4n) is 1.36. The van der Waals surface area contributed by atoms with Gasteiger partial charge in [-0.15, -0.1) is 11.8 Å². The first kappa shape index (κ1) is 11.7. The molecule has 2 aromatic rings. The van der Waals surface area contributed by atoms with E-state index < -0.39 is 5.97 Å². The summed E-state index contributed by atoms with van der Waals surface area (Å²) in [5, 5.41) is 9.04. The maximum Gasteiger partial charge on any atom is 0.338 e. The SMILES string of the molecule is Cc1cc(SCc2ccco2)c(C(=O)O)cn1. The van der Waals surface area contributed by atoms with Gasteiger partial charge >= 0.3 is 5.97 Å². The van der Waals surface area contributed by atoms with Crippen LogP contribution in [0.15, 0.2) is 40.0 Å². The number of rotatable bonds is 4. The third-order valence-corrected chi connectivity index (χ3v) is 3.26. The molecule has 0 fully saturated rings. The van der Waals surface area contributed by atoms with Crippen LogP contribution in [0.2, 0.25) is 0 Å². The fraction of sp³-hybridized carbons (Fsp3) is 0.167. The minimum absolute atomic E-state index is 0.229. The number of hydrogen-bond acceptors (Lipinski definition) is 4. The first-order valence-corrected chi connectivity index (χ1v) is 6.00. The summed E-state index contributed by atoms with van der Waals surface area (Å²) in [5.74, 6) is 0.469. The predicted molar refractivity (Wildman–Crippen MR) is 64.2 cm³/mol. The monoisotopic (exact) mass is 249 g/mol. The van der Waals surface area contributed by atoms with Crippen LogP contribution >= 0.6 is 11.8 Å². The van der Waals surface area contributed by atoms with Crippen molar-refractivity contribution in [3.05, 3.63) is 47.7 Å². The van der Waals surface area contributed by atoms with Crippen LogP contribution < -0.4 is 0 Å². The zero-order valence-corrected chi connectivity index (χ0v) is 10.0. The molecule has 5 heteroatoms. The molecule has 0 saturated carbocycles. The first-order valence-electron chi connectivity index (χ1n) is 5.02. The Labute approximate surface area is 103 Å². The number of aryl methyl sites for hydroxylation is 1. The average molecular weight is 249 g/mol. The van der Waals surface area contributed by atoms with Gasteiger partial charge in [0.05, 0.1) is 17.6 Å². The molecule has 4 nitrogen and oxygen atoms in total. The van der Waals surface area contributed by atoms with Crippen LogP contribution in [-0.2, 0) is 5.75 Å². The van der Waals surface area contributed by atoms with Crippen molar-refractivity contribution in [1.29, 1.82) is 0 Å². The second-order valence-corrected chi connectivity index (χ2v) is 4.51. The second-order valence-electron chi connectivity index (χ2n) is 3.50. The number of carboxylic acid groups (broad SMARTS) is 1. The normalized spacial score (nSPS) is 10.4. The molecule has 0 aliphatic heterocycles. The predicted octanol–water partition coefficient (Wildman–Crippen LogP) is 2.97. The maximum absolute atomic E-state index is 11.0. The van der Waals surface area contributed by atoms with E-state index in [1.165, 1.54) is 18.0 Å². The van der Waals surface area contributed by atoms with Gasteiger partial charge < -0.3 is 9.52 Å². The molecule has 1 N–H and O–H groups in total. The molecule has 0 radical (unpaired) electrons. The fourth-order valence-corrected chi connectivity index (χ4v) is 2.37. The Hall–Kier alpha value is -1.75. The number of aromatic nitrogens is 1. The Balaban J connectivity index is 2.19. The van der Waals surface area contributed by atoms with E-state index in [2.05, 4.69) is 4.98 Å². The van der Waals surface area contributed by atoms with Crippen molar-refractivity contribution in [2.45, 2.75) is 17.6 Å². The lowest BCUT2D eigenvalue weighted by Crippen LogP contribution is -2.00. The molecule has 0 bridgehead atoms. The van der Waals surface area contributed by atoms with Crippen LogP contribution in [0.5, 0.6) is 0 Å². The summed E-state index contributed by atoms with van der Waals surface area (Å²) in [6.07, 6.45) is 2.99. The Morgan fingerprint density at radius 3 is 3.06 bits per heavy atom. The third-order valence-electron chi connectivity index (χ3n) is 2.18. The van der Waals surface area contributed by atoms with Gasteiger partial charge in [-0.2, -0.15) is 0 Å². The molecule has 0 saturated heterocycles. The molecule has 17 heavy (non-hydrogen) atoms. The molecule has 88 valence electrons. The molecule has 0 spiro atoms. The summed E-state index contributed by atoms with van der Waals surface area (Å²) in [6.45, 7) is 1.84. The van der Waals surface area contributed by atoms with Crippen LogP contribution in [0.4, 0.5) is 0 Å². The van der Waals surface area contributed by atoms with Crippen molar-refractivity contribution in [2.24, 2.45) is 0 Å². The highest BCUT2D eigenvalue weighted by atomic mass is 32.2. The van der Waals surface area contributed by atoms with E-state index >= 15 is 0 Å². The first-order chi connectivity index (χ1) is 8.16. The molecule has 2 heterocycles. The van der Waals surface area contributed by atoms with Gasteiger partial charge in [-0.05, 0) is 25.1 Å². The second kappa shape index (κ2) is 5.05. The smallest absolute Gasteiger partial charge is 0.338 e. The summed E-state index contributed by atoms with van der Waals surface area (Å²) in [5.41, 5.74) is 1.03. The lowest BCUT2D eigenvalue weighted by molar-refractivity contribution is 0.0692. The molecular weight excluding hydrogens is 238 g/mol. The summed E-state index contributed by atoms with van der Waals surface area (Å²) >= 11 is 1.43. The van der Waals surface area contributed by atoms with Crippen molar-refractivity contribution >= 4 is 17.7 Å². The Morgan fingerprint density at radius 2 is 2.41 bits per heavy atom. The van der Waals surface area contributed by atoms with Crippen LogP contribution in [0.3, 0.4) is 0 Å². The highest BCUT2D eigenvalue weighted by Crippen LogP contribution is 2.26. The number of carbonyl (C=O) groups is 1. The quantitative estimate of drug-likeness (QED) is 0.844. The third kappa shape index (κ3) is 2.88. The van der Waals surface area contributed by atoms with Gasteiger partial charge in [-0.1, -0.05) is 0 Å². The van der Waals surface area contributed by atoms with Crippen molar-refractivity contribution < 1.29 is 14.3 Å². The van der Waals surface area contributed by atoms with Crippen molar-refractivity contribution in [2.75, 3.05) is 0 Å². The Bertz CT molecular complexity index is 523. The van der Waals surface area contributed by atoms with Gasteiger partial charge in [0.1, 0.15) is 5.76 Å². The van der Waals surface area contributed by atoms with E-state index in [-0.39, 0.29) is 5.56 Å². The molecule has 0 aromatic carbocycles. The van der Waals surface area contributed by atoms with Crippen molar-refractivity contribution in [1.82, 2.24) is 4.98 Å². The minimum Gasteiger partial charge on any atom is -0.478 e. The molecule has 0 unspecified atom stereocenters. The maximum atomic E-state index is 11.0. The van der Waals surface area contributed by atoms with Crippen LogP contribution in [0, 0.1) is 6.92 Å². The number of nitrogens with zero attached hydrogens (tertiary/aromatic N) is 1. The van der Waals surface area contributed by atoms with E-state index in [1.807, 2.05) is 19.1 Å². The number of pyridine rings is 1. The van der Waals surface area contributed by atoms with E-state index in [0.717, 1.165) is 11.5 Å². The van der Waals surface area contributed by atoms with Crippen molar-refractivity contribution in [3.63, 3.8) is 0 Å². The molecule has 0 amide bonds. The number of hydrogen-bond donors (Lipinski definition) is 1. The van der Waals surface area contributed by atoms with Gasteiger partial charge in [0.15, 0.2) is 0 Å². The van der Waals surface area contributed by atoms with E-state index in [4.69, 9.17) is 9.52 Å². The highest BCUT2D eigenvalue weighted by molar-refractivity contribution is 7.98. The number of aromatic carboxylic acids is 1. The molecule has 2 rings (SSSR count). The number of carboxylic acids is 1. The summed E-state index contributed by atoms with van der Waals surface area (Å²) in [6, 6.07) is 5.45. The molecule has 2 aromatic heterocycles. The van der Waals surface area contributed by atoms with Crippen molar-refractivity contribution in [3.8, 4) is 0 Å². The number of thioether (sulfide) groups is 1. The Morgan fingerprint density at radius 1 is 1.59 bits per heavy atom. The largest absolute Gasteiger partial charge is 0.478 e. The topological polar surface area (TPSA) is 63.3 Å². The van der Waals surface area contributed by atoms with E-state index in [0.29, 0.717) is 10.6 Å². The van der Waals surface area contributed by atoms with E-state index in [1.54, 1.807) is 12.3 Å². The molecule has 0 aliphatic carbocycles. The summed E-state index contributed by atoms with van der Waals surface area (Å²) in [7, 11) is 0. The summed E-state index contributed by atoms with van der Waals surface area (Å²) < 4.78 is 5.20. The van der Waals surface area contributed by atoms with Gasteiger partial charge in [-0.25, -0.2) is 4.79 Å². The highest BCUT2D eigenvalue weighted by Gasteiger charge is 2.11. The standard InChI is InChI=1S/C12H11NO3S/c1-8-5-11(10(6-13-8)12(14)15)17-7-9-3-2-4-16-9/h2-6H,7H2,1H3,(H,14,15).